The van der Waals surface area contributed by atoms with E-state index in [4.69, 9.17) is 0 Å². The van der Waals surface area contributed by atoms with Gasteiger partial charge in [0, 0.05) is 42.8 Å². The van der Waals surface area contributed by atoms with E-state index in [2.05, 4.69) is 0 Å². The molecule has 2 aliphatic heterocycles. The Hall–Kier alpha value is -1.36. The predicted molar refractivity (Wildman–Crippen MR) is 77.6 cm³/mol. The van der Waals surface area contributed by atoms with Gasteiger partial charge in [0.15, 0.2) is 0 Å². The summed E-state index contributed by atoms with van der Waals surface area (Å²) in [5, 5.41) is 4.03. The maximum absolute atomic E-state index is 12.3. The Labute approximate surface area is 122 Å². The van der Waals surface area contributed by atoms with Crippen LogP contribution in [0.1, 0.15) is 25.7 Å². The fourth-order valence-electron chi connectivity index (χ4n) is 3.53. The summed E-state index contributed by atoms with van der Waals surface area (Å²) >= 11 is 1.62. The quantitative estimate of drug-likeness (QED) is 0.837. The van der Waals surface area contributed by atoms with Crippen LogP contribution in [0.25, 0.3) is 0 Å². The Kier molecular flexibility index (Phi) is 2.67. The molecule has 2 saturated heterocycles. The maximum atomic E-state index is 12.3. The fraction of sp³-hybridized carbons (Fsp3) is 0.600. The zero-order chi connectivity index (χ0) is 13.7. The number of thiophene rings is 1. The van der Waals surface area contributed by atoms with Crippen LogP contribution in [0.15, 0.2) is 16.8 Å². The van der Waals surface area contributed by atoms with E-state index in [1.807, 2.05) is 26.6 Å². The average Bonchev–Trinajstić information content (AvgIpc) is 2.87. The molecule has 4 nitrogen and oxygen atoms in total. The standard InChI is InChI=1S/C15H18N2O2S/c18-13-7-15(10-17(13)12-3-6-20-8-12)4-5-16(9-15)14(19)11-1-2-11/h3,6,8,11H,1-2,4-5,7,9-10H2. The molecule has 1 aromatic heterocycles. The van der Waals surface area contributed by atoms with Crippen molar-refractivity contribution >= 4 is 28.8 Å². The SMILES string of the molecule is O=C(C1CC1)N1CCC2(CC(=O)N(c3ccsc3)C2)C1. The van der Waals surface area contributed by atoms with Crippen molar-refractivity contribution in [3.8, 4) is 0 Å². The number of hydrogen-bond acceptors (Lipinski definition) is 3. The van der Waals surface area contributed by atoms with Crippen LogP contribution in [-0.4, -0.2) is 36.3 Å². The third-order valence-corrected chi connectivity index (χ3v) is 5.49. The first-order valence-corrected chi connectivity index (χ1v) is 8.23. The fourth-order valence-corrected chi connectivity index (χ4v) is 4.17. The van der Waals surface area contributed by atoms with E-state index in [-0.39, 0.29) is 17.2 Å². The Balaban J connectivity index is 1.49. The maximum Gasteiger partial charge on any atom is 0.227 e. The van der Waals surface area contributed by atoms with Crippen LogP contribution < -0.4 is 4.90 Å². The molecule has 3 fully saturated rings. The zero-order valence-corrected chi connectivity index (χ0v) is 12.2. The first kappa shape index (κ1) is 12.4. The molecule has 1 aliphatic carbocycles. The van der Waals surface area contributed by atoms with E-state index in [1.54, 1.807) is 11.3 Å². The number of anilines is 1. The van der Waals surface area contributed by atoms with Gasteiger partial charge >= 0.3 is 0 Å². The van der Waals surface area contributed by atoms with Crippen molar-refractivity contribution < 1.29 is 9.59 Å². The molecule has 0 aromatic carbocycles. The molecule has 0 radical (unpaired) electrons. The highest BCUT2D eigenvalue weighted by Crippen LogP contribution is 2.43. The van der Waals surface area contributed by atoms with E-state index >= 15 is 0 Å². The van der Waals surface area contributed by atoms with Gasteiger partial charge in [-0.15, -0.1) is 0 Å². The molecule has 20 heavy (non-hydrogen) atoms. The Morgan fingerprint density at radius 3 is 2.90 bits per heavy atom. The minimum atomic E-state index is 0.00354. The monoisotopic (exact) mass is 290 g/mol. The van der Waals surface area contributed by atoms with E-state index in [1.165, 1.54) is 0 Å². The molecule has 1 atom stereocenters. The van der Waals surface area contributed by atoms with Gasteiger partial charge in [0.05, 0.1) is 5.69 Å². The lowest BCUT2D eigenvalue weighted by atomic mass is 9.86. The lowest BCUT2D eigenvalue weighted by Gasteiger charge is -2.23. The van der Waals surface area contributed by atoms with E-state index in [9.17, 15) is 9.59 Å². The van der Waals surface area contributed by atoms with Gasteiger partial charge in [0.25, 0.3) is 0 Å². The summed E-state index contributed by atoms with van der Waals surface area (Å²) in [5.41, 5.74) is 1.02. The number of rotatable bonds is 2. The molecular weight excluding hydrogens is 272 g/mol. The van der Waals surface area contributed by atoms with Crippen molar-refractivity contribution in [2.24, 2.45) is 11.3 Å². The summed E-state index contributed by atoms with van der Waals surface area (Å²) in [4.78, 5) is 28.4. The predicted octanol–water partition coefficient (Wildman–Crippen LogP) is 2.11. The third-order valence-electron chi connectivity index (χ3n) is 4.82. The number of nitrogens with zero attached hydrogens (tertiary/aromatic N) is 2. The van der Waals surface area contributed by atoms with E-state index in [0.717, 1.165) is 44.6 Å². The third kappa shape index (κ3) is 1.95. The first-order chi connectivity index (χ1) is 9.67. The molecule has 0 N–H and O–H groups in total. The molecule has 0 bridgehead atoms. The van der Waals surface area contributed by atoms with Crippen LogP contribution in [0, 0.1) is 11.3 Å². The molecule has 4 rings (SSSR count). The normalized spacial score (nSPS) is 29.7. The van der Waals surface area contributed by atoms with E-state index < -0.39 is 0 Å². The van der Waals surface area contributed by atoms with E-state index in [0.29, 0.717) is 12.3 Å². The average molecular weight is 290 g/mol. The second-order valence-electron chi connectivity index (χ2n) is 6.42. The lowest BCUT2D eigenvalue weighted by molar-refractivity contribution is -0.132. The molecule has 1 spiro atoms. The lowest BCUT2D eigenvalue weighted by Crippen LogP contribution is -2.34. The van der Waals surface area contributed by atoms with Gasteiger partial charge in [-0.05, 0) is 30.7 Å². The molecule has 1 saturated carbocycles. The Morgan fingerprint density at radius 1 is 1.35 bits per heavy atom. The van der Waals surface area contributed by atoms with Crippen LogP contribution in [-0.2, 0) is 9.59 Å². The molecule has 2 amide bonds. The number of carbonyl (C=O) groups excluding carboxylic acids is 2. The minimum Gasteiger partial charge on any atom is -0.342 e. The van der Waals surface area contributed by atoms with Crippen molar-refractivity contribution in [3.63, 3.8) is 0 Å². The molecule has 1 unspecified atom stereocenters. The molecular formula is C15H18N2O2S. The van der Waals surface area contributed by atoms with Crippen LogP contribution in [0.2, 0.25) is 0 Å². The highest BCUT2D eigenvalue weighted by molar-refractivity contribution is 7.08. The molecule has 3 aliphatic rings. The zero-order valence-electron chi connectivity index (χ0n) is 11.4. The van der Waals surface area contributed by atoms with Gasteiger partial charge in [0.2, 0.25) is 11.8 Å². The molecule has 3 heterocycles. The van der Waals surface area contributed by atoms with Crippen molar-refractivity contribution in [3.05, 3.63) is 16.8 Å². The van der Waals surface area contributed by atoms with Gasteiger partial charge in [-0.3, -0.25) is 9.59 Å². The van der Waals surface area contributed by atoms with Crippen LogP contribution in [0.3, 0.4) is 0 Å². The largest absolute Gasteiger partial charge is 0.342 e. The molecule has 1 aromatic rings. The summed E-state index contributed by atoms with van der Waals surface area (Å²) in [7, 11) is 0. The summed E-state index contributed by atoms with van der Waals surface area (Å²) in [6, 6.07) is 2.00. The molecule has 106 valence electrons. The van der Waals surface area contributed by atoms with Crippen LogP contribution in [0.4, 0.5) is 5.69 Å². The van der Waals surface area contributed by atoms with Crippen molar-refractivity contribution in [1.29, 1.82) is 0 Å². The smallest absolute Gasteiger partial charge is 0.227 e. The number of likely N-dealkylation sites (tertiary alicyclic amines) is 1. The van der Waals surface area contributed by atoms with Crippen molar-refractivity contribution in [1.82, 2.24) is 4.90 Å². The van der Waals surface area contributed by atoms with Crippen molar-refractivity contribution in [2.45, 2.75) is 25.7 Å². The number of amides is 2. The van der Waals surface area contributed by atoms with Crippen LogP contribution in [0.5, 0.6) is 0 Å². The summed E-state index contributed by atoms with van der Waals surface area (Å²) < 4.78 is 0. The van der Waals surface area contributed by atoms with Gasteiger partial charge in [-0.25, -0.2) is 0 Å². The topological polar surface area (TPSA) is 40.6 Å². The summed E-state index contributed by atoms with van der Waals surface area (Å²) in [6.07, 6.45) is 3.68. The Morgan fingerprint density at radius 2 is 2.20 bits per heavy atom. The number of hydrogen-bond donors (Lipinski definition) is 0. The summed E-state index contributed by atoms with van der Waals surface area (Å²) in [5.74, 6) is 0.822. The Bertz CT molecular complexity index is 552. The number of carbonyl (C=O) groups is 2. The second kappa shape index (κ2) is 4.32. The second-order valence-corrected chi connectivity index (χ2v) is 7.20. The minimum absolute atomic E-state index is 0.00354. The van der Waals surface area contributed by atoms with Crippen LogP contribution >= 0.6 is 11.3 Å². The van der Waals surface area contributed by atoms with Gasteiger partial charge in [-0.1, -0.05) is 0 Å². The molecule has 5 heteroatoms. The highest BCUT2D eigenvalue weighted by atomic mass is 32.1. The van der Waals surface area contributed by atoms with Gasteiger partial charge in [-0.2, -0.15) is 11.3 Å². The van der Waals surface area contributed by atoms with Gasteiger partial charge in [0.1, 0.15) is 0 Å². The highest BCUT2D eigenvalue weighted by Gasteiger charge is 2.50. The summed E-state index contributed by atoms with van der Waals surface area (Å²) in [6.45, 7) is 2.38. The van der Waals surface area contributed by atoms with Crippen molar-refractivity contribution in [2.75, 3.05) is 24.5 Å². The first-order valence-electron chi connectivity index (χ1n) is 7.28. The van der Waals surface area contributed by atoms with Gasteiger partial charge < -0.3 is 9.80 Å².